The minimum atomic E-state index is -0.734. The molecule has 5 rings (SSSR count). The molecule has 0 atom stereocenters. The normalized spacial score (nSPS) is 13.9. The maximum Gasteiger partial charge on any atom is 0.151 e. The molecule has 1 aliphatic rings. The number of rotatable bonds is 4. The topological polar surface area (TPSA) is 18.5 Å². The van der Waals surface area contributed by atoms with E-state index in [1.165, 1.54) is 0 Å². The average molecular weight is 364 g/mol. The van der Waals surface area contributed by atoms with Crippen molar-refractivity contribution >= 4 is 0 Å². The van der Waals surface area contributed by atoms with Crippen LogP contribution in [0.5, 0.6) is 11.5 Å². The number of ether oxygens (including phenoxy) is 2. The van der Waals surface area contributed by atoms with E-state index in [1.54, 1.807) is 0 Å². The molecule has 0 N–H and O–H groups in total. The second-order valence-electron chi connectivity index (χ2n) is 6.92. The summed E-state index contributed by atoms with van der Waals surface area (Å²) in [6, 6.07) is 37.0. The lowest BCUT2D eigenvalue weighted by Gasteiger charge is -2.40. The maximum atomic E-state index is 6.82. The molecule has 136 valence electrons. The first-order chi connectivity index (χ1) is 13.9. The highest BCUT2D eigenvalue weighted by Crippen LogP contribution is 2.52. The van der Waals surface area contributed by atoms with Crippen molar-refractivity contribution < 1.29 is 9.47 Å². The molecule has 0 radical (unpaired) electrons. The van der Waals surface area contributed by atoms with E-state index in [4.69, 9.17) is 9.47 Å². The second-order valence-corrected chi connectivity index (χ2v) is 6.92. The van der Waals surface area contributed by atoms with Crippen LogP contribution in [-0.4, -0.2) is 0 Å². The maximum absolute atomic E-state index is 6.82. The van der Waals surface area contributed by atoms with Gasteiger partial charge in [-0.25, -0.2) is 0 Å². The molecule has 0 unspecified atom stereocenters. The smallest absolute Gasteiger partial charge is 0.151 e. The van der Waals surface area contributed by atoms with Gasteiger partial charge in [-0.05, 0) is 23.3 Å². The van der Waals surface area contributed by atoms with Gasteiger partial charge in [-0.3, -0.25) is 0 Å². The summed E-state index contributed by atoms with van der Waals surface area (Å²) in [5.41, 5.74) is 3.54. The molecule has 4 aromatic rings. The Morgan fingerprint density at radius 3 is 1.68 bits per heavy atom. The molecule has 2 heteroatoms. The van der Waals surface area contributed by atoms with Gasteiger partial charge < -0.3 is 9.47 Å². The van der Waals surface area contributed by atoms with Crippen LogP contribution in [0.2, 0.25) is 0 Å². The largest absolute Gasteiger partial charge is 0.457 e. The molecule has 0 aromatic heterocycles. The number of fused-ring (bicyclic) bond motifs is 2. The minimum absolute atomic E-state index is 0.498. The molecule has 4 aromatic carbocycles. The lowest BCUT2D eigenvalue weighted by molar-refractivity contribution is -0.00590. The van der Waals surface area contributed by atoms with Crippen LogP contribution in [0.1, 0.15) is 22.3 Å². The van der Waals surface area contributed by atoms with Crippen LogP contribution in [0, 0.1) is 0 Å². The number of hydrogen-bond donors (Lipinski definition) is 0. The first kappa shape index (κ1) is 16.8. The Bertz CT molecular complexity index is 1040. The molecule has 0 amide bonds. The molecular weight excluding hydrogens is 344 g/mol. The fourth-order valence-electron chi connectivity index (χ4n) is 3.95. The van der Waals surface area contributed by atoms with Crippen molar-refractivity contribution in [2.75, 3.05) is 0 Å². The number of hydrogen-bond acceptors (Lipinski definition) is 2. The fourth-order valence-corrected chi connectivity index (χ4v) is 3.95. The van der Waals surface area contributed by atoms with Crippen LogP contribution in [0.25, 0.3) is 0 Å². The monoisotopic (exact) mass is 364 g/mol. The zero-order chi connectivity index (χ0) is 18.8. The molecule has 0 saturated carbocycles. The summed E-state index contributed by atoms with van der Waals surface area (Å²) in [5.74, 6) is 1.66. The van der Waals surface area contributed by atoms with E-state index >= 15 is 0 Å². The van der Waals surface area contributed by atoms with Gasteiger partial charge in [-0.2, -0.15) is 0 Å². The molecular formula is C26H20O2. The SMILES string of the molecule is c1ccc(COC2(c3ccccc3)c3ccccc3Oc3ccccc32)cc1. The van der Waals surface area contributed by atoms with Crippen LogP contribution >= 0.6 is 0 Å². The van der Waals surface area contributed by atoms with Crippen molar-refractivity contribution in [2.24, 2.45) is 0 Å². The van der Waals surface area contributed by atoms with Gasteiger partial charge in [0.25, 0.3) is 0 Å². The standard InChI is InChI=1S/C26H20O2/c1-3-11-20(12-4-1)19-27-26(21-13-5-2-6-14-21)22-15-7-9-17-24(22)28-25-18-10-8-16-23(25)26/h1-18H,19H2. The van der Waals surface area contributed by atoms with Gasteiger partial charge in [-0.15, -0.1) is 0 Å². The van der Waals surface area contributed by atoms with Gasteiger partial charge in [0.15, 0.2) is 5.60 Å². The summed E-state index contributed by atoms with van der Waals surface area (Å²) >= 11 is 0. The zero-order valence-corrected chi connectivity index (χ0v) is 15.4. The number of benzene rings is 4. The Morgan fingerprint density at radius 1 is 0.571 bits per heavy atom. The first-order valence-corrected chi connectivity index (χ1v) is 9.48. The number of para-hydroxylation sites is 2. The first-order valence-electron chi connectivity index (χ1n) is 9.48. The van der Waals surface area contributed by atoms with Gasteiger partial charge in [0.2, 0.25) is 0 Å². The molecule has 0 bridgehead atoms. The average Bonchev–Trinajstić information content (AvgIpc) is 2.78. The van der Waals surface area contributed by atoms with Gasteiger partial charge in [0.1, 0.15) is 11.5 Å². The van der Waals surface area contributed by atoms with Crippen LogP contribution < -0.4 is 4.74 Å². The third-order valence-electron chi connectivity index (χ3n) is 5.23. The van der Waals surface area contributed by atoms with Crippen LogP contribution in [0.4, 0.5) is 0 Å². The Hall–Kier alpha value is -3.36. The van der Waals surface area contributed by atoms with Crippen molar-refractivity contribution in [1.29, 1.82) is 0 Å². The molecule has 0 spiro atoms. The predicted octanol–water partition coefficient (Wildman–Crippen LogP) is 6.30. The summed E-state index contributed by atoms with van der Waals surface area (Å²) < 4.78 is 13.0. The lowest BCUT2D eigenvalue weighted by Crippen LogP contribution is -2.35. The third kappa shape index (κ3) is 2.70. The molecule has 0 aliphatic carbocycles. The lowest BCUT2D eigenvalue weighted by atomic mass is 9.77. The van der Waals surface area contributed by atoms with E-state index in [0.717, 1.165) is 33.8 Å². The van der Waals surface area contributed by atoms with E-state index in [-0.39, 0.29) is 0 Å². The van der Waals surface area contributed by atoms with Crippen molar-refractivity contribution in [1.82, 2.24) is 0 Å². The van der Waals surface area contributed by atoms with E-state index in [1.807, 2.05) is 60.7 Å². The highest BCUT2D eigenvalue weighted by Gasteiger charge is 2.44. The third-order valence-corrected chi connectivity index (χ3v) is 5.23. The van der Waals surface area contributed by atoms with Crippen LogP contribution in [-0.2, 0) is 16.9 Å². The summed E-state index contributed by atoms with van der Waals surface area (Å²) in [6.07, 6.45) is 0. The van der Waals surface area contributed by atoms with E-state index in [9.17, 15) is 0 Å². The van der Waals surface area contributed by atoms with Crippen molar-refractivity contribution in [2.45, 2.75) is 12.2 Å². The van der Waals surface area contributed by atoms with Gasteiger partial charge in [-0.1, -0.05) is 97.1 Å². The van der Waals surface area contributed by atoms with Crippen LogP contribution in [0.3, 0.4) is 0 Å². The second kappa shape index (κ2) is 6.99. The predicted molar refractivity (Wildman–Crippen MR) is 111 cm³/mol. The minimum Gasteiger partial charge on any atom is -0.457 e. The summed E-state index contributed by atoms with van der Waals surface area (Å²) in [6.45, 7) is 0.498. The Kier molecular flexibility index (Phi) is 4.19. The van der Waals surface area contributed by atoms with E-state index in [2.05, 4.69) is 48.5 Å². The quantitative estimate of drug-likeness (QED) is 0.423. The van der Waals surface area contributed by atoms with Gasteiger partial charge in [0, 0.05) is 11.1 Å². The Balaban J connectivity index is 1.74. The van der Waals surface area contributed by atoms with Crippen molar-refractivity contribution in [3.8, 4) is 11.5 Å². The molecule has 1 aliphatic heterocycles. The van der Waals surface area contributed by atoms with Crippen molar-refractivity contribution in [3.05, 3.63) is 131 Å². The van der Waals surface area contributed by atoms with Crippen molar-refractivity contribution in [3.63, 3.8) is 0 Å². The van der Waals surface area contributed by atoms with Gasteiger partial charge >= 0.3 is 0 Å². The Morgan fingerprint density at radius 2 is 1.07 bits per heavy atom. The molecule has 28 heavy (non-hydrogen) atoms. The molecule has 1 heterocycles. The Labute approximate surface area is 165 Å². The summed E-state index contributed by atoms with van der Waals surface area (Å²) in [4.78, 5) is 0. The van der Waals surface area contributed by atoms with Crippen LogP contribution in [0.15, 0.2) is 109 Å². The van der Waals surface area contributed by atoms with Gasteiger partial charge in [0.05, 0.1) is 6.61 Å². The molecule has 0 fully saturated rings. The fraction of sp³-hybridized carbons (Fsp3) is 0.0769. The highest BCUT2D eigenvalue weighted by atomic mass is 16.5. The molecule has 2 nitrogen and oxygen atoms in total. The highest BCUT2D eigenvalue weighted by molar-refractivity contribution is 5.61. The van der Waals surface area contributed by atoms with E-state index in [0.29, 0.717) is 6.61 Å². The van der Waals surface area contributed by atoms with E-state index < -0.39 is 5.60 Å². The molecule has 0 saturated heterocycles. The summed E-state index contributed by atoms with van der Waals surface area (Å²) in [5, 5.41) is 0. The summed E-state index contributed by atoms with van der Waals surface area (Å²) in [7, 11) is 0. The zero-order valence-electron chi connectivity index (χ0n) is 15.4.